The molecule has 0 bridgehead atoms. The third-order valence-corrected chi connectivity index (χ3v) is 5.47. The van der Waals surface area contributed by atoms with Gasteiger partial charge < -0.3 is 28.7 Å². The highest BCUT2D eigenvalue weighted by Gasteiger charge is 2.19. The van der Waals surface area contributed by atoms with Crippen LogP contribution in [-0.4, -0.2) is 64.4 Å². The summed E-state index contributed by atoms with van der Waals surface area (Å²) in [6.07, 6.45) is 2.11. The molecule has 0 unspecified atom stereocenters. The van der Waals surface area contributed by atoms with Crippen LogP contribution < -0.4 is 23.8 Å². The monoisotopic (exact) mass is 458 g/mol. The molecule has 7 heteroatoms. The zero-order valence-corrected chi connectivity index (χ0v) is 20.6. The number of rotatable bonds is 15. The molecule has 0 saturated carbocycles. The van der Waals surface area contributed by atoms with Gasteiger partial charge in [0.05, 0.1) is 20.8 Å². The predicted molar refractivity (Wildman–Crippen MR) is 132 cm³/mol. The molecule has 0 spiro atoms. The van der Waals surface area contributed by atoms with Crippen LogP contribution in [0.1, 0.15) is 33.6 Å². The maximum atomic E-state index is 13.2. The lowest BCUT2D eigenvalue weighted by Crippen LogP contribution is -2.41. The second kappa shape index (κ2) is 14.3. The van der Waals surface area contributed by atoms with E-state index >= 15 is 0 Å². The summed E-state index contributed by atoms with van der Waals surface area (Å²) >= 11 is 0. The Balaban J connectivity index is 2.09. The lowest BCUT2D eigenvalue weighted by Gasteiger charge is -2.27. The van der Waals surface area contributed by atoms with E-state index < -0.39 is 0 Å². The zero-order chi connectivity index (χ0) is 24.1. The molecule has 0 aliphatic carbocycles. The van der Waals surface area contributed by atoms with Crippen LogP contribution in [0.25, 0.3) is 0 Å². The highest BCUT2D eigenvalue weighted by Crippen LogP contribution is 2.31. The minimum absolute atomic E-state index is 0.0668. The average molecular weight is 459 g/mol. The summed E-state index contributed by atoms with van der Waals surface area (Å²) in [4.78, 5) is 17.2. The lowest BCUT2D eigenvalue weighted by molar-refractivity contribution is -0.120. The van der Waals surface area contributed by atoms with Gasteiger partial charge in [-0.05, 0) is 55.9 Å². The van der Waals surface area contributed by atoms with Crippen molar-refractivity contribution in [1.82, 2.24) is 4.90 Å². The second-order valence-electron chi connectivity index (χ2n) is 7.57. The van der Waals surface area contributed by atoms with Crippen molar-refractivity contribution in [3.63, 3.8) is 0 Å². The standard InChI is InChI=1S/C26H38N2O5/c1-6-9-18-32-22-11-13-23(14-12-22)33-20-26(29)28(17-16-27(7-2)8-3)21-10-15-24(30-4)25(19-21)31-5/h10-15,19H,6-9,16-18,20H2,1-5H3. The van der Waals surface area contributed by atoms with Gasteiger partial charge in [-0.1, -0.05) is 27.2 Å². The first-order valence-electron chi connectivity index (χ1n) is 11.7. The van der Waals surface area contributed by atoms with Crippen LogP contribution in [0.4, 0.5) is 5.69 Å². The third kappa shape index (κ3) is 8.17. The van der Waals surface area contributed by atoms with Crippen LogP contribution in [0.5, 0.6) is 23.0 Å². The van der Waals surface area contributed by atoms with E-state index in [9.17, 15) is 4.79 Å². The Morgan fingerprint density at radius 2 is 1.45 bits per heavy atom. The number of methoxy groups -OCH3 is 2. The van der Waals surface area contributed by atoms with Crippen LogP contribution in [0, 0.1) is 0 Å². The summed E-state index contributed by atoms with van der Waals surface area (Å²) in [5.41, 5.74) is 0.744. The Bertz CT molecular complexity index is 837. The lowest BCUT2D eigenvalue weighted by atomic mass is 10.2. The molecule has 7 nitrogen and oxygen atoms in total. The Morgan fingerprint density at radius 3 is 2.03 bits per heavy atom. The van der Waals surface area contributed by atoms with Gasteiger partial charge in [-0.25, -0.2) is 0 Å². The molecule has 0 fully saturated rings. The summed E-state index contributed by atoms with van der Waals surface area (Å²) in [5, 5.41) is 0. The Morgan fingerprint density at radius 1 is 0.818 bits per heavy atom. The van der Waals surface area contributed by atoms with Crippen LogP contribution in [0.15, 0.2) is 42.5 Å². The van der Waals surface area contributed by atoms with Crippen LogP contribution >= 0.6 is 0 Å². The molecule has 0 aliphatic rings. The molecule has 33 heavy (non-hydrogen) atoms. The largest absolute Gasteiger partial charge is 0.494 e. The van der Waals surface area contributed by atoms with E-state index in [2.05, 4.69) is 25.7 Å². The van der Waals surface area contributed by atoms with E-state index in [4.69, 9.17) is 18.9 Å². The van der Waals surface area contributed by atoms with Gasteiger partial charge >= 0.3 is 0 Å². The number of carbonyl (C=O) groups excluding carboxylic acids is 1. The summed E-state index contributed by atoms with van der Waals surface area (Å²) in [5.74, 6) is 2.50. The third-order valence-electron chi connectivity index (χ3n) is 5.47. The molecule has 0 heterocycles. The first-order chi connectivity index (χ1) is 16.1. The molecule has 0 aromatic heterocycles. The van der Waals surface area contributed by atoms with Gasteiger partial charge in [0, 0.05) is 24.8 Å². The predicted octanol–water partition coefficient (Wildman–Crippen LogP) is 4.64. The van der Waals surface area contributed by atoms with Gasteiger partial charge in [-0.15, -0.1) is 0 Å². The number of hydrogen-bond donors (Lipinski definition) is 0. The van der Waals surface area contributed by atoms with Crippen molar-refractivity contribution in [3.8, 4) is 23.0 Å². The van der Waals surface area contributed by atoms with Gasteiger partial charge in [0.15, 0.2) is 18.1 Å². The normalized spacial score (nSPS) is 10.7. The van der Waals surface area contributed by atoms with Crippen molar-refractivity contribution in [2.24, 2.45) is 0 Å². The highest BCUT2D eigenvalue weighted by atomic mass is 16.5. The average Bonchev–Trinajstić information content (AvgIpc) is 2.86. The fourth-order valence-electron chi connectivity index (χ4n) is 3.36. The number of carbonyl (C=O) groups is 1. The quantitative estimate of drug-likeness (QED) is 0.363. The van der Waals surface area contributed by atoms with E-state index in [-0.39, 0.29) is 12.5 Å². The molecule has 0 N–H and O–H groups in total. The number of unbranched alkanes of at least 4 members (excludes halogenated alkanes) is 1. The van der Waals surface area contributed by atoms with E-state index in [0.29, 0.717) is 30.4 Å². The minimum Gasteiger partial charge on any atom is -0.494 e. The number of ether oxygens (including phenoxy) is 4. The van der Waals surface area contributed by atoms with Gasteiger partial charge in [0.2, 0.25) is 0 Å². The summed E-state index contributed by atoms with van der Waals surface area (Å²) in [7, 11) is 3.18. The number of amides is 1. The van der Waals surface area contributed by atoms with Crippen LogP contribution in [-0.2, 0) is 4.79 Å². The fourth-order valence-corrected chi connectivity index (χ4v) is 3.36. The topological polar surface area (TPSA) is 60.5 Å². The van der Waals surface area contributed by atoms with Crippen molar-refractivity contribution in [2.75, 3.05) is 58.5 Å². The van der Waals surface area contributed by atoms with Crippen molar-refractivity contribution in [2.45, 2.75) is 33.6 Å². The number of benzene rings is 2. The van der Waals surface area contributed by atoms with Crippen LogP contribution in [0.3, 0.4) is 0 Å². The number of nitrogens with zero attached hydrogens (tertiary/aromatic N) is 2. The molecule has 182 valence electrons. The number of anilines is 1. The summed E-state index contributed by atoms with van der Waals surface area (Å²) in [6, 6.07) is 12.9. The van der Waals surface area contributed by atoms with Crippen molar-refractivity contribution in [3.05, 3.63) is 42.5 Å². The smallest absolute Gasteiger partial charge is 0.264 e. The van der Waals surface area contributed by atoms with Crippen molar-refractivity contribution in [1.29, 1.82) is 0 Å². The molecule has 2 aromatic carbocycles. The number of likely N-dealkylation sites (N-methyl/N-ethyl adjacent to an activating group) is 1. The van der Waals surface area contributed by atoms with Gasteiger partial charge in [-0.3, -0.25) is 4.79 Å². The summed E-state index contributed by atoms with van der Waals surface area (Å²) < 4.78 is 22.2. The van der Waals surface area contributed by atoms with Crippen LogP contribution in [0.2, 0.25) is 0 Å². The Labute approximate surface area is 198 Å². The molecule has 0 radical (unpaired) electrons. The molecule has 2 aromatic rings. The van der Waals surface area contributed by atoms with E-state index in [0.717, 1.165) is 43.9 Å². The molecule has 2 rings (SSSR count). The van der Waals surface area contributed by atoms with Gasteiger partial charge in [-0.2, -0.15) is 0 Å². The maximum Gasteiger partial charge on any atom is 0.264 e. The molecular formula is C26H38N2O5. The first-order valence-corrected chi connectivity index (χ1v) is 11.7. The SMILES string of the molecule is CCCCOc1ccc(OCC(=O)N(CCN(CC)CC)c2ccc(OC)c(OC)c2)cc1. The van der Waals surface area contributed by atoms with Gasteiger partial charge in [0.1, 0.15) is 11.5 Å². The van der Waals surface area contributed by atoms with E-state index in [1.54, 1.807) is 19.1 Å². The Hall–Kier alpha value is -2.93. The second-order valence-corrected chi connectivity index (χ2v) is 7.57. The Kier molecular flexibility index (Phi) is 11.4. The van der Waals surface area contributed by atoms with Gasteiger partial charge in [0.25, 0.3) is 5.91 Å². The fraction of sp³-hybridized carbons (Fsp3) is 0.500. The van der Waals surface area contributed by atoms with Crippen molar-refractivity contribution < 1.29 is 23.7 Å². The van der Waals surface area contributed by atoms with E-state index in [1.807, 2.05) is 42.5 Å². The van der Waals surface area contributed by atoms with E-state index in [1.165, 1.54) is 0 Å². The molecule has 0 saturated heterocycles. The minimum atomic E-state index is -0.127. The number of hydrogen-bond acceptors (Lipinski definition) is 6. The first kappa shape index (κ1) is 26.3. The molecule has 0 atom stereocenters. The van der Waals surface area contributed by atoms with Crippen molar-refractivity contribution >= 4 is 11.6 Å². The zero-order valence-electron chi connectivity index (χ0n) is 20.6. The summed E-state index contributed by atoms with van der Waals surface area (Å²) in [6.45, 7) is 10.1. The molecule has 1 amide bonds. The highest BCUT2D eigenvalue weighted by molar-refractivity contribution is 5.94. The molecular weight excluding hydrogens is 420 g/mol. The molecule has 0 aliphatic heterocycles. The maximum absolute atomic E-state index is 13.2.